The molecule has 0 saturated heterocycles. The number of nitrogens with two attached hydrogens (primary N) is 1. The lowest BCUT2D eigenvalue weighted by atomic mass is 10.0. The van der Waals surface area contributed by atoms with Gasteiger partial charge in [0, 0.05) is 25.7 Å². The summed E-state index contributed by atoms with van der Waals surface area (Å²) in [5.41, 5.74) is 10.7. The van der Waals surface area contributed by atoms with Crippen LogP contribution in [0.2, 0.25) is 0 Å². The fourth-order valence-electron chi connectivity index (χ4n) is 3.21. The lowest BCUT2D eigenvalue weighted by Crippen LogP contribution is -2.40. The summed E-state index contributed by atoms with van der Waals surface area (Å²) < 4.78 is 0. The van der Waals surface area contributed by atoms with E-state index >= 15 is 0 Å². The molecule has 21 heavy (non-hydrogen) atoms. The molecule has 2 aromatic rings. The van der Waals surface area contributed by atoms with E-state index in [4.69, 9.17) is 5.73 Å². The fourth-order valence-corrected chi connectivity index (χ4v) is 3.21. The van der Waals surface area contributed by atoms with Crippen molar-refractivity contribution in [3.05, 3.63) is 71.3 Å². The van der Waals surface area contributed by atoms with E-state index in [-0.39, 0.29) is 6.04 Å². The molecule has 2 N–H and O–H groups in total. The molecule has 2 nitrogen and oxygen atoms in total. The maximum atomic E-state index is 6.35. The van der Waals surface area contributed by atoms with E-state index in [0.29, 0.717) is 0 Å². The van der Waals surface area contributed by atoms with E-state index in [9.17, 15) is 0 Å². The summed E-state index contributed by atoms with van der Waals surface area (Å²) in [6, 6.07) is 19.6. The van der Waals surface area contributed by atoms with Crippen molar-refractivity contribution < 1.29 is 0 Å². The van der Waals surface area contributed by atoms with Gasteiger partial charge in [-0.25, -0.2) is 0 Å². The van der Waals surface area contributed by atoms with Crippen LogP contribution < -0.4 is 5.73 Å². The minimum atomic E-state index is 0.216. The second-order valence-electron chi connectivity index (χ2n) is 6.02. The van der Waals surface area contributed by atoms with Crippen molar-refractivity contribution in [3.63, 3.8) is 0 Å². The highest BCUT2D eigenvalue weighted by atomic mass is 15.1. The van der Waals surface area contributed by atoms with Crippen LogP contribution in [-0.4, -0.2) is 30.6 Å². The second-order valence-corrected chi connectivity index (χ2v) is 6.02. The van der Waals surface area contributed by atoms with Gasteiger partial charge in [0.2, 0.25) is 0 Å². The molecule has 0 bridgehead atoms. The average molecular weight is 280 g/mol. The number of rotatable bonds is 4. The van der Waals surface area contributed by atoms with Gasteiger partial charge in [0.15, 0.2) is 0 Å². The molecule has 1 unspecified atom stereocenters. The third kappa shape index (κ3) is 3.93. The predicted molar refractivity (Wildman–Crippen MR) is 88.4 cm³/mol. The Bertz CT molecular complexity index is 538. The van der Waals surface area contributed by atoms with Crippen LogP contribution in [0.15, 0.2) is 54.6 Å². The molecule has 0 aromatic heterocycles. The summed E-state index contributed by atoms with van der Waals surface area (Å²) >= 11 is 0. The van der Waals surface area contributed by atoms with Crippen molar-refractivity contribution in [2.75, 3.05) is 19.6 Å². The molecule has 110 valence electrons. The molecule has 0 saturated carbocycles. The zero-order valence-electron chi connectivity index (χ0n) is 12.5. The highest BCUT2D eigenvalue weighted by Gasteiger charge is 2.16. The Morgan fingerprint density at radius 3 is 2.05 bits per heavy atom. The molecule has 1 aliphatic rings. The molecule has 0 radical (unpaired) electrons. The van der Waals surface area contributed by atoms with Crippen LogP contribution in [-0.2, 0) is 19.3 Å². The predicted octanol–water partition coefficient (Wildman–Crippen LogP) is 2.66. The molecule has 2 heteroatoms. The summed E-state index contributed by atoms with van der Waals surface area (Å²) in [7, 11) is 0. The number of hydrogen-bond acceptors (Lipinski definition) is 2. The summed E-state index contributed by atoms with van der Waals surface area (Å²) in [4.78, 5) is 2.52. The highest BCUT2D eigenvalue weighted by Crippen LogP contribution is 2.15. The molecular weight excluding hydrogens is 256 g/mol. The summed E-state index contributed by atoms with van der Waals surface area (Å²) in [6.45, 7) is 3.24. The number of benzene rings is 2. The molecule has 0 fully saturated rings. The summed E-state index contributed by atoms with van der Waals surface area (Å²) in [5, 5.41) is 0. The Kier molecular flexibility index (Phi) is 4.69. The summed E-state index contributed by atoms with van der Waals surface area (Å²) in [6.07, 6.45) is 3.26. The van der Waals surface area contributed by atoms with Crippen LogP contribution in [0.4, 0.5) is 0 Å². The Labute approximate surface area is 127 Å². The molecule has 0 amide bonds. The summed E-state index contributed by atoms with van der Waals surface area (Å²) in [5.74, 6) is 0. The quantitative estimate of drug-likeness (QED) is 0.933. The lowest BCUT2D eigenvalue weighted by molar-refractivity contribution is 0.268. The van der Waals surface area contributed by atoms with Gasteiger partial charge in [-0.05, 0) is 36.0 Å². The average Bonchev–Trinajstić information content (AvgIpc) is 2.71. The first-order valence-corrected chi connectivity index (χ1v) is 7.90. The first-order valence-electron chi connectivity index (χ1n) is 7.90. The first-order chi connectivity index (χ1) is 10.3. The van der Waals surface area contributed by atoms with E-state index in [1.54, 1.807) is 0 Å². The van der Waals surface area contributed by atoms with Crippen LogP contribution >= 0.6 is 0 Å². The van der Waals surface area contributed by atoms with Gasteiger partial charge in [0.1, 0.15) is 0 Å². The van der Waals surface area contributed by atoms with Crippen molar-refractivity contribution in [2.24, 2.45) is 5.73 Å². The van der Waals surface area contributed by atoms with E-state index in [0.717, 1.165) is 38.9 Å². The van der Waals surface area contributed by atoms with Crippen molar-refractivity contribution in [3.8, 4) is 0 Å². The Balaban J connectivity index is 1.54. The van der Waals surface area contributed by atoms with E-state index < -0.39 is 0 Å². The highest BCUT2D eigenvalue weighted by molar-refractivity contribution is 5.28. The van der Waals surface area contributed by atoms with Crippen molar-refractivity contribution in [1.29, 1.82) is 0 Å². The standard InChI is InChI=1S/C19H24N2/c20-19(14-16-6-2-1-3-7-16)15-21-12-10-17-8-4-5-9-18(17)11-13-21/h1-9,19H,10-15,20H2. The molecule has 1 aliphatic heterocycles. The first kappa shape index (κ1) is 14.3. The number of nitrogens with zero attached hydrogens (tertiary/aromatic N) is 1. The maximum absolute atomic E-state index is 6.35. The molecule has 0 aliphatic carbocycles. The van der Waals surface area contributed by atoms with Gasteiger partial charge in [-0.3, -0.25) is 0 Å². The largest absolute Gasteiger partial charge is 0.326 e. The lowest BCUT2D eigenvalue weighted by Gasteiger charge is -2.23. The topological polar surface area (TPSA) is 29.3 Å². The van der Waals surface area contributed by atoms with Gasteiger partial charge in [0.05, 0.1) is 0 Å². The SMILES string of the molecule is NC(Cc1ccccc1)CN1CCc2ccccc2CC1. The minimum absolute atomic E-state index is 0.216. The minimum Gasteiger partial charge on any atom is -0.326 e. The normalized spacial score (nSPS) is 17.0. The van der Waals surface area contributed by atoms with Crippen LogP contribution in [0.3, 0.4) is 0 Å². The monoisotopic (exact) mass is 280 g/mol. The van der Waals surface area contributed by atoms with Gasteiger partial charge in [0.25, 0.3) is 0 Å². The molecule has 1 atom stereocenters. The van der Waals surface area contributed by atoms with Gasteiger partial charge in [-0.1, -0.05) is 54.6 Å². The molecule has 1 heterocycles. The molecular formula is C19H24N2. The van der Waals surface area contributed by atoms with Crippen molar-refractivity contribution in [2.45, 2.75) is 25.3 Å². The molecule has 2 aromatic carbocycles. The second kappa shape index (κ2) is 6.88. The zero-order valence-corrected chi connectivity index (χ0v) is 12.5. The smallest absolute Gasteiger partial charge is 0.0208 e. The number of fused-ring (bicyclic) bond motifs is 1. The molecule has 0 spiro atoms. The Morgan fingerprint density at radius 1 is 0.857 bits per heavy atom. The van der Waals surface area contributed by atoms with E-state index in [2.05, 4.69) is 59.5 Å². The maximum Gasteiger partial charge on any atom is 0.0208 e. The van der Waals surface area contributed by atoms with Crippen molar-refractivity contribution >= 4 is 0 Å². The molecule has 3 rings (SSSR count). The van der Waals surface area contributed by atoms with Crippen molar-refractivity contribution in [1.82, 2.24) is 4.90 Å². The van der Waals surface area contributed by atoms with Crippen LogP contribution in [0, 0.1) is 0 Å². The van der Waals surface area contributed by atoms with Crippen LogP contribution in [0.25, 0.3) is 0 Å². The van der Waals surface area contributed by atoms with Crippen LogP contribution in [0.1, 0.15) is 16.7 Å². The van der Waals surface area contributed by atoms with Gasteiger partial charge in [-0.2, -0.15) is 0 Å². The third-order valence-electron chi connectivity index (χ3n) is 4.35. The van der Waals surface area contributed by atoms with Gasteiger partial charge < -0.3 is 10.6 Å². The van der Waals surface area contributed by atoms with E-state index in [1.807, 2.05) is 0 Å². The fraction of sp³-hybridized carbons (Fsp3) is 0.368. The Morgan fingerprint density at radius 2 is 1.43 bits per heavy atom. The third-order valence-corrected chi connectivity index (χ3v) is 4.35. The Hall–Kier alpha value is -1.64. The van der Waals surface area contributed by atoms with Gasteiger partial charge in [-0.15, -0.1) is 0 Å². The van der Waals surface area contributed by atoms with E-state index in [1.165, 1.54) is 16.7 Å². The number of hydrogen-bond donors (Lipinski definition) is 1. The van der Waals surface area contributed by atoms with Crippen LogP contribution in [0.5, 0.6) is 0 Å². The zero-order chi connectivity index (χ0) is 14.5. The van der Waals surface area contributed by atoms with Gasteiger partial charge >= 0.3 is 0 Å².